The standard InChI is InChI=1S/C18H21FN2O/c1-2-3-12-20-16-8-10-17(11-9-16)21-18(22)13-14-4-6-15(19)7-5-14/h4-11,20H,2-3,12-13H2,1H3,(H,21,22). The van der Waals surface area contributed by atoms with E-state index in [1.165, 1.54) is 12.1 Å². The van der Waals surface area contributed by atoms with Crippen LogP contribution in [0.2, 0.25) is 0 Å². The molecular weight excluding hydrogens is 279 g/mol. The van der Waals surface area contributed by atoms with Crippen molar-refractivity contribution in [2.24, 2.45) is 0 Å². The van der Waals surface area contributed by atoms with Crippen molar-refractivity contribution in [3.8, 4) is 0 Å². The molecule has 22 heavy (non-hydrogen) atoms. The molecule has 0 heterocycles. The van der Waals surface area contributed by atoms with E-state index in [4.69, 9.17) is 0 Å². The van der Waals surface area contributed by atoms with Gasteiger partial charge in [-0.05, 0) is 48.4 Å². The van der Waals surface area contributed by atoms with Crippen LogP contribution in [0.5, 0.6) is 0 Å². The maximum atomic E-state index is 12.8. The lowest BCUT2D eigenvalue weighted by atomic mass is 10.1. The minimum absolute atomic E-state index is 0.113. The molecule has 0 aliphatic heterocycles. The fourth-order valence-electron chi connectivity index (χ4n) is 2.07. The highest BCUT2D eigenvalue weighted by Gasteiger charge is 2.04. The Balaban J connectivity index is 1.84. The number of carbonyl (C=O) groups excluding carboxylic acids is 1. The molecule has 1 amide bonds. The van der Waals surface area contributed by atoms with Crippen LogP contribution in [0, 0.1) is 5.82 Å². The van der Waals surface area contributed by atoms with Crippen molar-refractivity contribution >= 4 is 17.3 Å². The van der Waals surface area contributed by atoms with E-state index in [1.54, 1.807) is 12.1 Å². The second-order valence-electron chi connectivity index (χ2n) is 5.21. The number of hydrogen-bond acceptors (Lipinski definition) is 2. The number of hydrogen-bond donors (Lipinski definition) is 2. The summed E-state index contributed by atoms with van der Waals surface area (Å²) in [5, 5.41) is 6.16. The van der Waals surface area contributed by atoms with Gasteiger partial charge in [0.25, 0.3) is 0 Å². The number of anilines is 2. The number of amides is 1. The first kappa shape index (κ1) is 16.0. The summed E-state index contributed by atoms with van der Waals surface area (Å²) < 4.78 is 12.8. The monoisotopic (exact) mass is 300 g/mol. The van der Waals surface area contributed by atoms with Crippen LogP contribution in [0.4, 0.5) is 15.8 Å². The summed E-state index contributed by atoms with van der Waals surface area (Å²) in [5.74, 6) is -0.409. The zero-order valence-corrected chi connectivity index (χ0v) is 12.7. The molecule has 0 aromatic heterocycles. The lowest BCUT2D eigenvalue weighted by Crippen LogP contribution is -2.14. The largest absolute Gasteiger partial charge is 0.385 e. The van der Waals surface area contributed by atoms with Crippen LogP contribution >= 0.6 is 0 Å². The van der Waals surface area contributed by atoms with Crippen molar-refractivity contribution in [1.82, 2.24) is 0 Å². The maximum Gasteiger partial charge on any atom is 0.228 e. The lowest BCUT2D eigenvalue weighted by Gasteiger charge is -2.08. The van der Waals surface area contributed by atoms with Crippen LogP contribution in [0.3, 0.4) is 0 Å². The number of carbonyl (C=O) groups is 1. The van der Waals surface area contributed by atoms with E-state index >= 15 is 0 Å². The molecule has 0 radical (unpaired) electrons. The van der Waals surface area contributed by atoms with Crippen molar-refractivity contribution in [3.05, 3.63) is 59.9 Å². The summed E-state index contributed by atoms with van der Waals surface area (Å²) in [4.78, 5) is 11.9. The molecule has 0 fully saturated rings. The van der Waals surface area contributed by atoms with Gasteiger partial charge in [0.1, 0.15) is 5.82 Å². The molecule has 0 spiro atoms. The second kappa shape index (κ2) is 8.17. The van der Waals surface area contributed by atoms with Gasteiger partial charge in [0, 0.05) is 17.9 Å². The third-order valence-electron chi connectivity index (χ3n) is 3.31. The molecular formula is C18H21FN2O. The minimum atomic E-state index is -0.296. The second-order valence-corrected chi connectivity index (χ2v) is 5.21. The van der Waals surface area contributed by atoms with Crippen molar-refractivity contribution in [1.29, 1.82) is 0 Å². The van der Waals surface area contributed by atoms with E-state index in [2.05, 4.69) is 17.6 Å². The molecule has 116 valence electrons. The molecule has 2 rings (SSSR count). The summed E-state index contributed by atoms with van der Waals surface area (Å²) in [7, 11) is 0. The molecule has 0 unspecified atom stereocenters. The number of halogens is 1. The first-order valence-electron chi connectivity index (χ1n) is 7.55. The van der Waals surface area contributed by atoms with Crippen LogP contribution in [0.25, 0.3) is 0 Å². The summed E-state index contributed by atoms with van der Waals surface area (Å²) in [5.41, 5.74) is 2.59. The molecule has 0 aliphatic carbocycles. The molecule has 0 aliphatic rings. The molecule has 3 nitrogen and oxygen atoms in total. The van der Waals surface area contributed by atoms with E-state index in [0.29, 0.717) is 0 Å². The highest BCUT2D eigenvalue weighted by atomic mass is 19.1. The zero-order valence-electron chi connectivity index (χ0n) is 12.7. The quantitative estimate of drug-likeness (QED) is 0.752. The first-order chi connectivity index (χ1) is 10.7. The van der Waals surface area contributed by atoms with Crippen LogP contribution < -0.4 is 10.6 Å². The average Bonchev–Trinajstić information content (AvgIpc) is 2.51. The third-order valence-corrected chi connectivity index (χ3v) is 3.31. The van der Waals surface area contributed by atoms with Crippen molar-refractivity contribution in [3.63, 3.8) is 0 Å². The average molecular weight is 300 g/mol. The molecule has 2 N–H and O–H groups in total. The minimum Gasteiger partial charge on any atom is -0.385 e. The van der Waals surface area contributed by atoms with Gasteiger partial charge in [0.2, 0.25) is 5.91 Å². The zero-order chi connectivity index (χ0) is 15.8. The molecule has 4 heteroatoms. The Morgan fingerprint density at radius 3 is 2.27 bits per heavy atom. The number of unbranched alkanes of at least 4 members (excludes halogenated alkanes) is 1. The van der Waals surface area contributed by atoms with Crippen LogP contribution in [-0.4, -0.2) is 12.5 Å². The molecule has 0 atom stereocenters. The lowest BCUT2D eigenvalue weighted by molar-refractivity contribution is -0.115. The molecule has 2 aromatic rings. The molecule has 0 saturated heterocycles. The Bertz CT molecular complexity index is 593. The van der Waals surface area contributed by atoms with E-state index < -0.39 is 0 Å². The van der Waals surface area contributed by atoms with Gasteiger partial charge in [-0.1, -0.05) is 25.5 Å². The van der Waals surface area contributed by atoms with Gasteiger partial charge in [-0.25, -0.2) is 4.39 Å². The van der Waals surface area contributed by atoms with Gasteiger partial charge in [-0.3, -0.25) is 4.79 Å². The van der Waals surface area contributed by atoms with E-state index in [9.17, 15) is 9.18 Å². The van der Waals surface area contributed by atoms with Crippen molar-refractivity contribution in [2.75, 3.05) is 17.2 Å². The van der Waals surface area contributed by atoms with Gasteiger partial charge in [0.15, 0.2) is 0 Å². The van der Waals surface area contributed by atoms with Crippen LogP contribution in [0.15, 0.2) is 48.5 Å². The van der Waals surface area contributed by atoms with E-state index in [-0.39, 0.29) is 18.1 Å². The number of nitrogens with one attached hydrogen (secondary N) is 2. The Morgan fingerprint density at radius 1 is 1.00 bits per heavy atom. The molecule has 0 bridgehead atoms. The van der Waals surface area contributed by atoms with Gasteiger partial charge in [-0.2, -0.15) is 0 Å². The predicted octanol–water partition coefficient (Wildman–Crippen LogP) is 4.22. The maximum absolute atomic E-state index is 12.8. The first-order valence-corrected chi connectivity index (χ1v) is 7.55. The van der Waals surface area contributed by atoms with Crippen LogP contribution in [-0.2, 0) is 11.2 Å². The normalized spacial score (nSPS) is 10.3. The van der Waals surface area contributed by atoms with Gasteiger partial charge in [-0.15, -0.1) is 0 Å². The van der Waals surface area contributed by atoms with Crippen molar-refractivity contribution in [2.45, 2.75) is 26.2 Å². The summed E-state index contributed by atoms with van der Waals surface area (Å²) in [6.45, 7) is 3.11. The predicted molar refractivity (Wildman–Crippen MR) is 88.6 cm³/mol. The fourth-order valence-corrected chi connectivity index (χ4v) is 2.07. The van der Waals surface area contributed by atoms with Gasteiger partial charge >= 0.3 is 0 Å². The smallest absolute Gasteiger partial charge is 0.228 e. The highest BCUT2D eigenvalue weighted by molar-refractivity contribution is 5.92. The van der Waals surface area contributed by atoms with E-state index in [1.807, 2.05) is 24.3 Å². The summed E-state index contributed by atoms with van der Waals surface area (Å²) in [6.07, 6.45) is 2.53. The fraction of sp³-hybridized carbons (Fsp3) is 0.278. The van der Waals surface area contributed by atoms with E-state index in [0.717, 1.165) is 36.3 Å². The number of rotatable bonds is 7. The third kappa shape index (κ3) is 5.20. The Hall–Kier alpha value is -2.36. The Labute approximate surface area is 130 Å². The Kier molecular flexibility index (Phi) is 5.95. The van der Waals surface area contributed by atoms with Crippen LogP contribution in [0.1, 0.15) is 25.3 Å². The van der Waals surface area contributed by atoms with Crippen molar-refractivity contribution < 1.29 is 9.18 Å². The molecule has 2 aromatic carbocycles. The summed E-state index contributed by atoms with van der Waals surface area (Å²) in [6, 6.07) is 13.6. The molecule has 0 saturated carbocycles. The number of benzene rings is 2. The summed E-state index contributed by atoms with van der Waals surface area (Å²) >= 11 is 0. The topological polar surface area (TPSA) is 41.1 Å². The SMILES string of the molecule is CCCCNc1ccc(NC(=O)Cc2ccc(F)cc2)cc1. The van der Waals surface area contributed by atoms with Gasteiger partial charge in [0.05, 0.1) is 6.42 Å². The Morgan fingerprint density at radius 2 is 1.64 bits per heavy atom. The highest BCUT2D eigenvalue weighted by Crippen LogP contribution is 2.14. The van der Waals surface area contributed by atoms with Gasteiger partial charge < -0.3 is 10.6 Å².